The van der Waals surface area contributed by atoms with Crippen LogP contribution in [-0.4, -0.2) is 42.5 Å². The lowest BCUT2D eigenvalue weighted by Gasteiger charge is -2.50. The largest absolute Gasteiger partial charge is 0.368 e. The van der Waals surface area contributed by atoms with Gasteiger partial charge >= 0.3 is 0 Å². The summed E-state index contributed by atoms with van der Waals surface area (Å²) in [4.78, 5) is 14.4. The number of primary amides is 1. The highest BCUT2D eigenvalue weighted by Gasteiger charge is 2.49. The van der Waals surface area contributed by atoms with Gasteiger partial charge in [0.25, 0.3) is 0 Å². The molecule has 0 aromatic rings. The van der Waals surface area contributed by atoms with E-state index in [0.29, 0.717) is 5.92 Å². The molecule has 98 valence electrons. The first-order valence-electron chi connectivity index (χ1n) is 6.83. The van der Waals surface area contributed by atoms with Crippen LogP contribution in [0.2, 0.25) is 0 Å². The average Bonchev–Trinajstić information content (AvgIpc) is 2.30. The zero-order valence-electron chi connectivity index (χ0n) is 11.0. The van der Waals surface area contributed by atoms with E-state index in [0.717, 1.165) is 51.4 Å². The number of piperazine rings is 1. The van der Waals surface area contributed by atoms with Crippen molar-refractivity contribution in [2.24, 2.45) is 17.6 Å². The number of nitrogens with two attached hydrogens (primary N) is 1. The van der Waals surface area contributed by atoms with Gasteiger partial charge in [-0.15, -0.1) is 0 Å². The lowest BCUT2D eigenvalue weighted by atomic mass is 9.68. The highest BCUT2D eigenvalue weighted by atomic mass is 16.1. The molecule has 1 aliphatic carbocycles. The fourth-order valence-corrected chi connectivity index (χ4v) is 3.68. The molecule has 2 fully saturated rings. The zero-order chi connectivity index (χ0) is 12.5. The molecule has 3 atom stereocenters. The fourth-order valence-electron chi connectivity index (χ4n) is 3.68. The van der Waals surface area contributed by atoms with E-state index in [1.54, 1.807) is 0 Å². The summed E-state index contributed by atoms with van der Waals surface area (Å²) in [6, 6.07) is 0. The fraction of sp³-hybridized carbons (Fsp3) is 0.923. The first kappa shape index (κ1) is 12.8. The second-order valence-electron chi connectivity index (χ2n) is 5.81. The third kappa shape index (κ3) is 2.20. The van der Waals surface area contributed by atoms with Gasteiger partial charge in [0.15, 0.2) is 0 Å². The monoisotopic (exact) mass is 239 g/mol. The third-order valence-electron chi connectivity index (χ3n) is 4.70. The van der Waals surface area contributed by atoms with E-state index in [-0.39, 0.29) is 11.4 Å². The van der Waals surface area contributed by atoms with Crippen LogP contribution in [-0.2, 0) is 4.79 Å². The molecule has 0 aromatic carbocycles. The summed E-state index contributed by atoms with van der Waals surface area (Å²) in [5.41, 5.74) is 5.39. The molecular formula is C13H25N3O. The molecule has 4 nitrogen and oxygen atoms in total. The van der Waals surface area contributed by atoms with Gasteiger partial charge < -0.3 is 11.1 Å². The van der Waals surface area contributed by atoms with E-state index in [2.05, 4.69) is 24.1 Å². The SMILES string of the molecule is CC1CCC(C(N)=O)(N2CCNCC2)C(C)C1. The van der Waals surface area contributed by atoms with Crippen molar-refractivity contribution in [1.29, 1.82) is 0 Å². The lowest BCUT2D eigenvalue weighted by Crippen LogP contribution is -2.66. The zero-order valence-corrected chi connectivity index (χ0v) is 11.0. The van der Waals surface area contributed by atoms with Crippen LogP contribution >= 0.6 is 0 Å². The van der Waals surface area contributed by atoms with E-state index < -0.39 is 0 Å². The summed E-state index contributed by atoms with van der Waals surface area (Å²) in [6.07, 6.45) is 3.18. The molecule has 3 N–H and O–H groups in total. The van der Waals surface area contributed by atoms with Crippen molar-refractivity contribution in [1.82, 2.24) is 10.2 Å². The summed E-state index contributed by atoms with van der Waals surface area (Å²) in [5.74, 6) is 0.987. The Morgan fingerprint density at radius 1 is 1.35 bits per heavy atom. The Hall–Kier alpha value is -0.610. The Bertz CT molecular complexity index is 288. The van der Waals surface area contributed by atoms with Gasteiger partial charge in [0.05, 0.1) is 0 Å². The maximum absolute atomic E-state index is 12.1. The van der Waals surface area contributed by atoms with Gasteiger partial charge in [-0.25, -0.2) is 0 Å². The molecule has 2 rings (SSSR count). The molecule has 1 aliphatic heterocycles. The van der Waals surface area contributed by atoms with Crippen LogP contribution in [0.3, 0.4) is 0 Å². The summed E-state index contributed by atoms with van der Waals surface area (Å²) < 4.78 is 0. The van der Waals surface area contributed by atoms with Crippen molar-refractivity contribution in [2.45, 2.75) is 38.6 Å². The molecule has 1 amide bonds. The highest BCUT2D eigenvalue weighted by Crippen LogP contribution is 2.40. The number of amides is 1. The number of hydrogen-bond acceptors (Lipinski definition) is 3. The van der Waals surface area contributed by atoms with Crippen molar-refractivity contribution < 1.29 is 4.79 Å². The molecule has 1 heterocycles. The van der Waals surface area contributed by atoms with Crippen LogP contribution < -0.4 is 11.1 Å². The van der Waals surface area contributed by atoms with E-state index in [4.69, 9.17) is 5.73 Å². The number of rotatable bonds is 2. The van der Waals surface area contributed by atoms with Crippen LogP contribution in [0.5, 0.6) is 0 Å². The van der Waals surface area contributed by atoms with Gasteiger partial charge in [-0.05, 0) is 31.1 Å². The first-order valence-corrected chi connectivity index (χ1v) is 6.83. The minimum Gasteiger partial charge on any atom is -0.368 e. The Balaban J connectivity index is 2.22. The molecular weight excluding hydrogens is 214 g/mol. The van der Waals surface area contributed by atoms with Crippen LogP contribution in [0.25, 0.3) is 0 Å². The van der Waals surface area contributed by atoms with Crippen LogP contribution in [0.1, 0.15) is 33.1 Å². The van der Waals surface area contributed by atoms with Gasteiger partial charge in [0, 0.05) is 26.2 Å². The number of nitrogens with zero attached hydrogens (tertiary/aromatic N) is 1. The molecule has 0 aromatic heterocycles. The van der Waals surface area contributed by atoms with Gasteiger partial charge in [0.1, 0.15) is 5.54 Å². The molecule has 0 radical (unpaired) electrons. The number of hydrogen-bond donors (Lipinski definition) is 2. The molecule has 3 unspecified atom stereocenters. The quantitative estimate of drug-likeness (QED) is 0.741. The van der Waals surface area contributed by atoms with Crippen LogP contribution in [0.15, 0.2) is 0 Å². The summed E-state index contributed by atoms with van der Waals surface area (Å²) in [5, 5.41) is 3.34. The topological polar surface area (TPSA) is 58.4 Å². The lowest BCUT2D eigenvalue weighted by molar-refractivity contribution is -0.138. The van der Waals surface area contributed by atoms with Crippen LogP contribution in [0, 0.1) is 11.8 Å². The number of nitrogens with one attached hydrogen (secondary N) is 1. The van der Waals surface area contributed by atoms with Gasteiger partial charge in [-0.1, -0.05) is 13.8 Å². The second-order valence-corrected chi connectivity index (χ2v) is 5.81. The van der Waals surface area contributed by atoms with E-state index in [9.17, 15) is 4.79 Å². The van der Waals surface area contributed by atoms with Crippen molar-refractivity contribution in [3.63, 3.8) is 0 Å². The summed E-state index contributed by atoms with van der Waals surface area (Å²) in [7, 11) is 0. The number of carbonyl (C=O) groups is 1. The molecule has 0 spiro atoms. The minimum atomic E-state index is -0.380. The predicted octanol–water partition coefficient (Wildman–Crippen LogP) is 0.572. The Morgan fingerprint density at radius 2 is 2.00 bits per heavy atom. The highest BCUT2D eigenvalue weighted by molar-refractivity contribution is 5.85. The van der Waals surface area contributed by atoms with Crippen molar-refractivity contribution in [2.75, 3.05) is 26.2 Å². The average molecular weight is 239 g/mol. The van der Waals surface area contributed by atoms with Gasteiger partial charge in [-0.2, -0.15) is 0 Å². The summed E-state index contributed by atoms with van der Waals surface area (Å²) in [6.45, 7) is 8.31. The molecule has 0 bridgehead atoms. The predicted molar refractivity (Wildman–Crippen MR) is 68.5 cm³/mol. The van der Waals surface area contributed by atoms with Crippen molar-refractivity contribution in [3.8, 4) is 0 Å². The van der Waals surface area contributed by atoms with Crippen molar-refractivity contribution >= 4 is 5.91 Å². The molecule has 4 heteroatoms. The standard InChI is InChI=1S/C13H25N3O/c1-10-3-4-13(12(14)17,11(2)9-10)16-7-5-15-6-8-16/h10-11,15H,3-9H2,1-2H3,(H2,14,17). The van der Waals surface area contributed by atoms with Gasteiger partial charge in [0.2, 0.25) is 5.91 Å². The third-order valence-corrected chi connectivity index (χ3v) is 4.70. The minimum absolute atomic E-state index is 0.112. The Morgan fingerprint density at radius 3 is 2.53 bits per heavy atom. The molecule has 1 saturated carbocycles. The normalized spacial score (nSPS) is 40.1. The Labute approximate surface area is 104 Å². The molecule has 17 heavy (non-hydrogen) atoms. The second kappa shape index (κ2) is 4.94. The molecule has 1 saturated heterocycles. The molecule has 2 aliphatic rings. The summed E-state index contributed by atoms with van der Waals surface area (Å²) >= 11 is 0. The number of carbonyl (C=O) groups excluding carboxylic acids is 1. The first-order chi connectivity index (χ1) is 8.07. The van der Waals surface area contributed by atoms with E-state index in [1.165, 1.54) is 0 Å². The smallest absolute Gasteiger partial charge is 0.238 e. The van der Waals surface area contributed by atoms with Crippen LogP contribution in [0.4, 0.5) is 0 Å². The maximum Gasteiger partial charge on any atom is 0.238 e. The van der Waals surface area contributed by atoms with Crippen molar-refractivity contribution in [3.05, 3.63) is 0 Å². The van der Waals surface area contributed by atoms with E-state index >= 15 is 0 Å². The maximum atomic E-state index is 12.1. The van der Waals surface area contributed by atoms with Gasteiger partial charge in [-0.3, -0.25) is 9.69 Å². The van der Waals surface area contributed by atoms with E-state index in [1.807, 2.05) is 0 Å². The Kier molecular flexibility index (Phi) is 3.73.